The number of carbonyl (C=O) groups is 3. The predicted octanol–water partition coefficient (Wildman–Crippen LogP) is 4.49. The van der Waals surface area contributed by atoms with Crippen molar-refractivity contribution in [2.75, 3.05) is 18.5 Å². The van der Waals surface area contributed by atoms with Crippen LogP contribution in [-0.4, -0.2) is 30.9 Å². The Hall–Kier alpha value is -3.11. The van der Waals surface area contributed by atoms with E-state index in [9.17, 15) is 27.6 Å². The van der Waals surface area contributed by atoms with Crippen molar-refractivity contribution in [3.63, 3.8) is 0 Å². The molecule has 0 saturated heterocycles. The maximum absolute atomic E-state index is 12.9. The number of para-hydroxylation sites is 1. The van der Waals surface area contributed by atoms with Crippen LogP contribution in [0.2, 0.25) is 5.02 Å². The van der Waals surface area contributed by atoms with E-state index in [1.54, 1.807) is 24.3 Å². The molecule has 162 valence electrons. The molecule has 0 spiro atoms. The molecular weight excluding hydrogens is 457 g/mol. The molecule has 3 rings (SSSR count). The lowest BCUT2D eigenvalue weighted by atomic mass is 10.1. The molecule has 0 aliphatic heterocycles. The van der Waals surface area contributed by atoms with Gasteiger partial charge in [0.05, 0.1) is 16.3 Å². The molecule has 0 radical (unpaired) electrons. The lowest BCUT2D eigenvalue weighted by Crippen LogP contribution is -2.32. The number of ether oxygens (including phenoxy) is 1. The van der Waals surface area contributed by atoms with Crippen LogP contribution in [0.3, 0.4) is 0 Å². The van der Waals surface area contributed by atoms with E-state index in [4.69, 9.17) is 16.3 Å². The Bertz CT molecular complexity index is 1150. The summed E-state index contributed by atoms with van der Waals surface area (Å²) in [5.41, 5.74) is -1.48. The number of hydrogen-bond acceptors (Lipinski definition) is 5. The Kier molecular flexibility index (Phi) is 6.81. The fourth-order valence-corrected chi connectivity index (χ4v) is 4.05. The first-order valence-electron chi connectivity index (χ1n) is 8.73. The van der Waals surface area contributed by atoms with E-state index in [0.717, 1.165) is 28.2 Å². The highest BCUT2D eigenvalue weighted by Gasteiger charge is 2.33. The van der Waals surface area contributed by atoms with Crippen molar-refractivity contribution in [2.45, 2.75) is 6.18 Å². The fourth-order valence-electron chi connectivity index (χ4n) is 2.62. The van der Waals surface area contributed by atoms with Crippen LogP contribution < -0.4 is 10.6 Å². The second-order valence-corrected chi connectivity index (χ2v) is 7.61. The summed E-state index contributed by atoms with van der Waals surface area (Å²) in [5, 5.41) is 5.35. The Morgan fingerprint density at radius 2 is 1.71 bits per heavy atom. The average molecular weight is 471 g/mol. The molecule has 0 unspecified atom stereocenters. The lowest BCUT2D eigenvalue weighted by molar-refractivity contribution is -0.146. The predicted molar refractivity (Wildman–Crippen MR) is 110 cm³/mol. The fraction of sp³-hybridized carbons (Fsp3) is 0.150. The van der Waals surface area contributed by atoms with E-state index in [1.165, 1.54) is 12.1 Å². The van der Waals surface area contributed by atoms with Gasteiger partial charge >= 0.3 is 12.1 Å². The normalized spacial score (nSPS) is 11.2. The lowest BCUT2D eigenvalue weighted by Gasteiger charge is -2.13. The highest BCUT2D eigenvalue weighted by Crippen LogP contribution is 2.35. The molecule has 2 aromatic carbocycles. The summed E-state index contributed by atoms with van der Waals surface area (Å²) in [6, 6.07) is 11.5. The summed E-state index contributed by atoms with van der Waals surface area (Å²) in [5.74, 6) is -2.49. The first kappa shape index (κ1) is 22.6. The minimum absolute atomic E-state index is 0.220. The summed E-state index contributed by atoms with van der Waals surface area (Å²) in [6.07, 6.45) is -4.65. The highest BCUT2D eigenvalue weighted by atomic mass is 35.5. The molecule has 0 bridgehead atoms. The zero-order valence-electron chi connectivity index (χ0n) is 15.6. The SMILES string of the molecule is O=C(COC(=O)CNC(=O)c1sc2ccccc2c1Cl)Nc1ccccc1C(F)(F)F. The van der Waals surface area contributed by atoms with Crippen molar-refractivity contribution in [2.24, 2.45) is 0 Å². The van der Waals surface area contributed by atoms with E-state index < -0.39 is 48.4 Å². The third-order valence-electron chi connectivity index (χ3n) is 4.01. The molecule has 3 aromatic rings. The minimum atomic E-state index is -4.65. The van der Waals surface area contributed by atoms with Gasteiger partial charge in [-0.15, -0.1) is 11.3 Å². The van der Waals surface area contributed by atoms with Crippen LogP contribution in [0, 0.1) is 0 Å². The summed E-state index contributed by atoms with van der Waals surface area (Å²) in [6.45, 7) is -1.36. The molecule has 31 heavy (non-hydrogen) atoms. The van der Waals surface area contributed by atoms with Crippen molar-refractivity contribution in [1.82, 2.24) is 5.32 Å². The summed E-state index contributed by atoms with van der Waals surface area (Å²) >= 11 is 7.35. The number of halogens is 4. The van der Waals surface area contributed by atoms with Crippen LogP contribution >= 0.6 is 22.9 Å². The molecule has 1 aromatic heterocycles. The Labute approximate surface area is 182 Å². The Morgan fingerprint density at radius 3 is 2.42 bits per heavy atom. The monoisotopic (exact) mass is 470 g/mol. The van der Waals surface area contributed by atoms with Crippen LogP contribution in [0.4, 0.5) is 18.9 Å². The largest absolute Gasteiger partial charge is 0.454 e. The summed E-state index contributed by atoms with van der Waals surface area (Å²) in [7, 11) is 0. The van der Waals surface area contributed by atoms with Gasteiger partial charge in [-0.3, -0.25) is 14.4 Å². The molecular formula is C20H14ClF3N2O4S. The van der Waals surface area contributed by atoms with Crippen molar-refractivity contribution in [3.8, 4) is 0 Å². The number of thiophene rings is 1. The van der Waals surface area contributed by atoms with Gasteiger partial charge < -0.3 is 15.4 Å². The number of benzene rings is 2. The number of esters is 1. The number of alkyl halides is 3. The van der Waals surface area contributed by atoms with Crippen LogP contribution in [0.25, 0.3) is 10.1 Å². The van der Waals surface area contributed by atoms with Gasteiger partial charge in [0.25, 0.3) is 11.8 Å². The third kappa shape index (κ3) is 5.53. The van der Waals surface area contributed by atoms with Gasteiger partial charge in [-0.2, -0.15) is 13.2 Å². The highest BCUT2D eigenvalue weighted by molar-refractivity contribution is 7.21. The number of fused-ring (bicyclic) bond motifs is 1. The van der Waals surface area contributed by atoms with Crippen LogP contribution in [0.5, 0.6) is 0 Å². The summed E-state index contributed by atoms with van der Waals surface area (Å²) < 4.78 is 44.3. The maximum Gasteiger partial charge on any atom is 0.418 e. The van der Waals surface area contributed by atoms with Gasteiger partial charge in [0.1, 0.15) is 11.4 Å². The summed E-state index contributed by atoms with van der Waals surface area (Å²) in [4.78, 5) is 36.1. The van der Waals surface area contributed by atoms with Crippen molar-refractivity contribution < 1.29 is 32.3 Å². The quantitative estimate of drug-likeness (QED) is 0.520. The van der Waals surface area contributed by atoms with Gasteiger partial charge in [-0.1, -0.05) is 41.9 Å². The smallest absolute Gasteiger partial charge is 0.418 e. The van der Waals surface area contributed by atoms with Gasteiger partial charge in [0.2, 0.25) is 0 Å². The number of amides is 2. The number of anilines is 1. The third-order valence-corrected chi connectivity index (χ3v) is 5.68. The van der Waals surface area contributed by atoms with Gasteiger partial charge in [-0.05, 0) is 18.2 Å². The molecule has 1 heterocycles. The number of hydrogen-bond donors (Lipinski definition) is 2. The van der Waals surface area contributed by atoms with Crippen LogP contribution in [-0.2, 0) is 20.5 Å². The topological polar surface area (TPSA) is 84.5 Å². The average Bonchev–Trinajstić information content (AvgIpc) is 3.07. The second-order valence-electron chi connectivity index (χ2n) is 6.18. The zero-order valence-corrected chi connectivity index (χ0v) is 17.2. The number of nitrogens with one attached hydrogen (secondary N) is 2. The number of rotatable bonds is 6. The zero-order chi connectivity index (χ0) is 22.6. The second kappa shape index (κ2) is 9.36. The van der Waals surface area contributed by atoms with Gasteiger partial charge in [0.15, 0.2) is 6.61 Å². The van der Waals surface area contributed by atoms with E-state index in [-0.39, 0.29) is 9.90 Å². The van der Waals surface area contributed by atoms with Gasteiger partial charge in [0, 0.05) is 10.1 Å². The molecule has 2 amide bonds. The van der Waals surface area contributed by atoms with E-state index >= 15 is 0 Å². The maximum atomic E-state index is 12.9. The molecule has 0 aliphatic rings. The molecule has 6 nitrogen and oxygen atoms in total. The number of carbonyl (C=O) groups excluding carboxylic acids is 3. The molecule has 0 aliphatic carbocycles. The molecule has 0 atom stereocenters. The first-order valence-corrected chi connectivity index (χ1v) is 9.93. The van der Waals surface area contributed by atoms with Crippen LogP contribution in [0.15, 0.2) is 48.5 Å². The molecule has 0 saturated carbocycles. The molecule has 0 fully saturated rings. The van der Waals surface area contributed by atoms with E-state index in [0.29, 0.717) is 5.39 Å². The Morgan fingerprint density at radius 1 is 1.03 bits per heavy atom. The van der Waals surface area contributed by atoms with Crippen molar-refractivity contribution >= 4 is 56.5 Å². The van der Waals surface area contributed by atoms with E-state index in [1.807, 2.05) is 5.32 Å². The van der Waals surface area contributed by atoms with Crippen LogP contribution in [0.1, 0.15) is 15.2 Å². The first-order chi connectivity index (χ1) is 14.7. The van der Waals surface area contributed by atoms with Crippen molar-refractivity contribution in [1.29, 1.82) is 0 Å². The Balaban J connectivity index is 1.51. The molecule has 2 N–H and O–H groups in total. The molecule has 11 heteroatoms. The van der Waals surface area contributed by atoms with Crippen molar-refractivity contribution in [3.05, 3.63) is 64.0 Å². The standard InChI is InChI=1S/C20H14ClF3N2O4S/c21-17-11-5-1-4-8-14(11)31-18(17)19(29)25-9-16(28)30-10-15(27)26-13-7-3-2-6-12(13)20(22,23)24/h1-8H,9-10H2,(H,25,29)(H,26,27). The van der Waals surface area contributed by atoms with Gasteiger partial charge in [-0.25, -0.2) is 0 Å². The van der Waals surface area contributed by atoms with E-state index in [2.05, 4.69) is 5.32 Å². The minimum Gasteiger partial charge on any atom is -0.454 e.